The van der Waals surface area contributed by atoms with Crippen molar-refractivity contribution in [3.8, 4) is 6.07 Å². The second-order valence-electron chi connectivity index (χ2n) is 1.79. The third kappa shape index (κ3) is 31.7. The number of carbonyl (C=O) groups is 5. The Hall–Kier alpha value is -2.75. The number of rotatable bonds is 1. The standard InChI is InChI=1S/C8H4NO.5CH2O.Mn/c9-5-7-1-3-8(6-10)4-2-7;5*1-2;/h1-4H;5*1H2;/q-1;;;;;;. The van der Waals surface area contributed by atoms with E-state index in [9.17, 15) is 4.79 Å². The van der Waals surface area contributed by atoms with Crippen LogP contribution >= 0.6 is 0 Å². The molecule has 0 spiro atoms. The molecule has 0 aliphatic carbocycles. The average Bonchev–Trinajstić information content (AvgIpc) is 2.63. The number of nitriles is 1. The van der Waals surface area contributed by atoms with Gasteiger partial charge in [0.1, 0.15) is 33.9 Å². The molecular formula is C13H14MnNO6-. The van der Waals surface area contributed by atoms with E-state index in [-0.39, 0.29) is 17.1 Å². The summed E-state index contributed by atoms with van der Waals surface area (Å²) in [6, 6.07) is 8.24. The van der Waals surface area contributed by atoms with E-state index >= 15 is 0 Å². The summed E-state index contributed by atoms with van der Waals surface area (Å²) in [6.07, 6.45) is 1.72. The molecule has 0 heterocycles. The van der Waals surface area contributed by atoms with Crippen molar-refractivity contribution in [2.45, 2.75) is 0 Å². The van der Waals surface area contributed by atoms with Crippen molar-refractivity contribution in [1.29, 1.82) is 5.26 Å². The van der Waals surface area contributed by atoms with Crippen LogP contribution in [-0.4, -0.2) is 40.2 Å². The zero-order valence-electron chi connectivity index (χ0n) is 11.1. The fourth-order valence-electron chi connectivity index (χ4n) is 0.613. The molecule has 0 aromatic heterocycles. The van der Waals surface area contributed by atoms with Crippen LogP contribution in [-0.2, 0) is 45.8 Å². The first-order chi connectivity index (χ1) is 9.86. The van der Waals surface area contributed by atoms with E-state index in [1.807, 2.05) is 40.0 Å². The smallest absolute Gasteiger partial charge is 0.106 e. The van der Waals surface area contributed by atoms with Crippen LogP contribution in [0.25, 0.3) is 0 Å². The normalized spacial score (nSPS) is 4.90. The van der Waals surface area contributed by atoms with Crippen molar-refractivity contribution in [2.24, 2.45) is 0 Å². The van der Waals surface area contributed by atoms with Gasteiger partial charge in [0.25, 0.3) is 0 Å². The van der Waals surface area contributed by atoms with Gasteiger partial charge in [0.2, 0.25) is 0 Å². The first-order valence-corrected chi connectivity index (χ1v) is 4.19. The van der Waals surface area contributed by atoms with Crippen molar-refractivity contribution in [2.75, 3.05) is 0 Å². The van der Waals surface area contributed by atoms with E-state index in [2.05, 4.69) is 0 Å². The maximum atomic E-state index is 10.00. The third-order valence-electron chi connectivity index (χ3n) is 1.13. The van der Waals surface area contributed by atoms with Crippen LogP contribution in [0.1, 0.15) is 11.1 Å². The molecule has 0 saturated heterocycles. The Morgan fingerprint density at radius 2 is 1.05 bits per heavy atom. The second-order valence-corrected chi connectivity index (χ2v) is 1.79. The summed E-state index contributed by atoms with van der Waals surface area (Å²) in [5.74, 6) is 0. The van der Waals surface area contributed by atoms with E-state index in [1.165, 1.54) is 0 Å². The number of nitrogens with zero attached hydrogens (tertiary/aromatic N) is 1. The molecule has 0 unspecified atom stereocenters. The van der Waals surface area contributed by atoms with Crippen LogP contribution in [0.15, 0.2) is 24.3 Å². The minimum absolute atomic E-state index is 0. The molecule has 1 aromatic carbocycles. The fraction of sp³-hybridized carbons (Fsp3) is 0. The summed E-state index contributed by atoms with van der Waals surface area (Å²) in [7, 11) is 0. The van der Waals surface area contributed by atoms with E-state index < -0.39 is 0 Å². The van der Waals surface area contributed by atoms with Crippen LogP contribution in [0, 0.1) is 11.3 Å². The summed E-state index contributed by atoms with van der Waals surface area (Å²) >= 11 is 0. The molecule has 1 radical (unpaired) electrons. The molecule has 0 aliphatic rings. The molecule has 8 heteroatoms. The minimum Gasteiger partial charge on any atom is -0.376 e. The second kappa shape index (κ2) is 53.2. The third-order valence-corrected chi connectivity index (χ3v) is 1.13. The topological polar surface area (TPSA) is 126 Å². The molecule has 0 saturated carbocycles. The molecule has 7 nitrogen and oxygen atoms in total. The van der Waals surface area contributed by atoms with Gasteiger partial charge >= 0.3 is 0 Å². The van der Waals surface area contributed by atoms with Gasteiger partial charge < -0.3 is 28.8 Å². The summed E-state index contributed by atoms with van der Waals surface area (Å²) in [5, 5.41) is 8.35. The van der Waals surface area contributed by atoms with Crippen molar-refractivity contribution in [3.63, 3.8) is 0 Å². The average molecular weight is 335 g/mol. The summed E-state index contributed by atoms with van der Waals surface area (Å²) in [4.78, 5) is 50.0. The Morgan fingerprint density at radius 1 is 0.762 bits per heavy atom. The molecule has 1 aromatic rings. The molecule has 0 atom stereocenters. The molecular weight excluding hydrogens is 321 g/mol. The molecule has 0 fully saturated rings. The van der Waals surface area contributed by atoms with Gasteiger partial charge in [-0.25, -0.2) is 0 Å². The summed E-state index contributed by atoms with van der Waals surface area (Å²) in [5.41, 5.74) is 1.03. The quantitative estimate of drug-likeness (QED) is 0.526. The van der Waals surface area contributed by atoms with Crippen LogP contribution in [0.3, 0.4) is 0 Å². The molecule has 0 amide bonds. The van der Waals surface area contributed by atoms with Crippen molar-refractivity contribution in [3.05, 3.63) is 35.4 Å². The molecule has 21 heavy (non-hydrogen) atoms. The van der Waals surface area contributed by atoms with Gasteiger partial charge in [-0.3, -0.25) is 0 Å². The molecule has 115 valence electrons. The monoisotopic (exact) mass is 335 g/mol. The Morgan fingerprint density at radius 3 is 1.24 bits per heavy atom. The largest absolute Gasteiger partial charge is 0.376 e. The first-order valence-electron chi connectivity index (χ1n) is 4.19. The van der Waals surface area contributed by atoms with Gasteiger partial charge in [-0.1, -0.05) is 0 Å². The van der Waals surface area contributed by atoms with Gasteiger partial charge in [-0.05, 0) is 0 Å². The predicted octanol–water partition coefficient (Wildman–Crippen LogP) is 0.0891. The van der Waals surface area contributed by atoms with Gasteiger partial charge in [0, 0.05) is 22.6 Å². The van der Waals surface area contributed by atoms with Gasteiger partial charge in [-0.2, -0.15) is 23.0 Å². The van der Waals surface area contributed by atoms with Gasteiger partial charge in [0.05, 0.1) is 12.4 Å². The molecule has 0 bridgehead atoms. The number of benzene rings is 1. The van der Waals surface area contributed by atoms with Crippen molar-refractivity contribution >= 4 is 40.2 Å². The van der Waals surface area contributed by atoms with E-state index in [1.54, 1.807) is 30.6 Å². The summed E-state index contributed by atoms with van der Waals surface area (Å²) < 4.78 is 0. The Labute approximate surface area is 133 Å². The van der Waals surface area contributed by atoms with Crippen LogP contribution in [0.2, 0.25) is 0 Å². The fourth-order valence-corrected chi connectivity index (χ4v) is 0.613. The Bertz CT molecular complexity index is 341. The summed E-state index contributed by atoms with van der Waals surface area (Å²) in [6.45, 7) is 10.0. The van der Waals surface area contributed by atoms with Crippen LogP contribution < -0.4 is 0 Å². The number of hydrogen-bond acceptors (Lipinski definition) is 7. The number of hydrogen-bond donors (Lipinski definition) is 0. The first kappa shape index (κ1) is 36.2. The Kier molecular flexibility index (Phi) is 91.7. The van der Waals surface area contributed by atoms with Crippen molar-refractivity contribution in [1.82, 2.24) is 0 Å². The minimum atomic E-state index is 0. The van der Waals surface area contributed by atoms with E-state index in [4.69, 9.17) is 29.2 Å². The van der Waals surface area contributed by atoms with Crippen LogP contribution in [0.5, 0.6) is 0 Å². The maximum absolute atomic E-state index is 10.00. The predicted molar refractivity (Wildman–Crippen MR) is 71.6 cm³/mol. The number of carbonyl (C=O) groups excluding carboxylic acids is 6. The maximum Gasteiger partial charge on any atom is 0.106 e. The van der Waals surface area contributed by atoms with Crippen LogP contribution in [0.4, 0.5) is 0 Å². The molecule has 0 aliphatic heterocycles. The Balaban J connectivity index is -0.0000000440. The van der Waals surface area contributed by atoms with E-state index in [0.717, 1.165) is 0 Å². The van der Waals surface area contributed by atoms with Crippen molar-refractivity contribution < 1.29 is 45.8 Å². The zero-order valence-corrected chi connectivity index (χ0v) is 12.3. The SMILES string of the molecule is C=O.C=O.C=O.C=O.C=O.N#Cc1ccc([C-]=O)cc1.[Mn]. The molecule has 1 rings (SSSR count). The van der Waals surface area contributed by atoms with E-state index in [0.29, 0.717) is 11.1 Å². The van der Waals surface area contributed by atoms with Gasteiger partial charge in [0.15, 0.2) is 0 Å². The molecule has 0 N–H and O–H groups in total. The zero-order chi connectivity index (χ0) is 17.4. The van der Waals surface area contributed by atoms with Gasteiger partial charge in [-0.15, -0.1) is 12.1 Å².